The third-order valence-electron chi connectivity index (χ3n) is 1.31. The van der Waals surface area contributed by atoms with Gasteiger partial charge in [0.05, 0.1) is 13.2 Å². The molecule has 2 atom stereocenters. The first-order valence-electron chi connectivity index (χ1n) is 4.14. The molecule has 1 rings (SSSR count). The quantitative estimate of drug-likeness (QED) is 0.506. The van der Waals surface area contributed by atoms with Crippen LogP contribution in [-0.2, 0) is 18.2 Å². The van der Waals surface area contributed by atoms with Crippen molar-refractivity contribution in [2.75, 3.05) is 33.4 Å². The van der Waals surface area contributed by atoms with E-state index in [1.54, 1.807) is 0 Å². The molecule has 90 valence electrons. The molecule has 1 aliphatic rings. The summed E-state index contributed by atoms with van der Waals surface area (Å²) in [5.74, 6) is 0. The summed E-state index contributed by atoms with van der Waals surface area (Å²) < 4.78 is 28.7. The summed E-state index contributed by atoms with van der Waals surface area (Å²) >= 11 is 0. The molecule has 0 aromatic heterocycles. The first-order valence-corrected chi connectivity index (χ1v) is 6.85. The average Bonchev–Trinajstić information content (AvgIpc) is 2.20. The molecular formula is C5H15N2O6P2+. The number of rotatable bonds is 3. The van der Waals surface area contributed by atoms with Crippen molar-refractivity contribution >= 4 is 16.0 Å². The second-order valence-corrected chi connectivity index (χ2v) is 5.04. The molecule has 1 fully saturated rings. The lowest BCUT2D eigenvalue weighted by Crippen LogP contribution is -2.30. The highest BCUT2D eigenvalue weighted by molar-refractivity contribution is 7.57. The Labute approximate surface area is 88.5 Å². The van der Waals surface area contributed by atoms with Gasteiger partial charge in [0.1, 0.15) is 0 Å². The summed E-state index contributed by atoms with van der Waals surface area (Å²) in [6.45, 7) is 3.83. The van der Waals surface area contributed by atoms with Crippen LogP contribution in [0.4, 0.5) is 0 Å². The van der Waals surface area contributed by atoms with Gasteiger partial charge in [0.15, 0.2) is 0 Å². The fourth-order valence-corrected chi connectivity index (χ4v) is 1.74. The zero-order chi connectivity index (χ0) is 11.7. The van der Waals surface area contributed by atoms with Gasteiger partial charge in [0.2, 0.25) is 0 Å². The Bertz CT molecular complexity index is 222. The molecule has 8 nitrogen and oxygen atoms in total. The van der Waals surface area contributed by atoms with Gasteiger partial charge in [0.25, 0.3) is 0 Å². The van der Waals surface area contributed by atoms with E-state index in [9.17, 15) is 9.13 Å². The molecule has 0 radical (unpaired) electrons. The van der Waals surface area contributed by atoms with Crippen LogP contribution in [0.25, 0.3) is 0 Å². The highest BCUT2D eigenvalue weighted by Gasteiger charge is 2.30. The highest BCUT2D eigenvalue weighted by Crippen LogP contribution is 2.44. The molecule has 0 spiro atoms. The predicted octanol–water partition coefficient (Wildman–Crippen LogP) is -0.421. The molecule has 15 heavy (non-hydrogen) atoms. The minimum atomic E-state index is -4.01. The third-order valence-corrected chi connectivity index (χ3v) is 3.32. The predicted molar refractivity (Wildman–Crippen MR) is 53.5 cm³/mol. The molecule has 0 aromatic rings. The summed E-state index contributed by atoms with van der Waals surface area (Å²) in [4.78, 5) is 16.3. The van der Waals surface area contributed by atoms with Crippen LogP contribution in [0.15, 0.2) is 0 Å². The smallest absolute Gasteiger partial charge is 0.379 e. The third kappa shape index (κ3) is 10.4. The second kappa shape index (κ2) is 8.27. The van der Waals surface area contributed by atoms with E-state index in [0.717, 1.165) is 33.4 Å². The highest BCUT2D eigenvalue weighted by atomic mass is 31.2. The Kier molecular flexibility index (Phi) is 8.32. The first-order chi connectivity index (χ1) is 6.98. The standard InChI is InChI=1S/C4H9NO.CH5NO5P2/c1-3-6-4-2-5-1;1-2-9(5,6)7-8(3)4/h5H,1-4H2;1H3,(H2-,2,3,4,5,6)/p+1. The Hall–Kier alpha value is 0.0900. The molecular weight excluding hydrogens is 246 g/mol. The van der Waals surface area contributed by atoms with Crippen molar-refractivity contribution < 1.29 is 28.0 Å². The number of ether oxygens (including phenoxy) is 1. The Morgan fingerprint density at radius 1 is 1.53 bits per heavy atom. The van der Waals surface area contributed by atoms with Crippen LogP contribution in [0.5, 0.6) is 0 Å². The van der Waals surface area contributed by atoms with Crippen LogP contribution in [0.2, 0.25) is 0 Å². The van der Waals surface area contributed by atoms with Gasteiger partial charge < -0.3 is 14.9 Å². The van der Waals surface area contributed by atoms with E-state index in [0.29, 0.717) is 0 Å². The molecule has 1 aliphatic heterocycles. The van der Waals surface area contributed by atoms with Gasteiger partial charge >= 0.3 is 16.0 Å². The molecule has 0 bridgehead atoms. The first kappa shape index (κ1) is 15.1. The minimum Gasteiger partial charge on any atom is -0.379 e. The SMILES string of the molecule is C1COCCN1.CNP(=O)(O)O[P+](=O)O. The number of hydrogen-bond donors (Lipinski definition) is 4. The van der Waals surface area contributed by atoms with Crippen LogP contribution in [-0.4, -0.2) is 43.1 Å². The number of hydrogen-bond acceptors (Lipinski definition) is 5. The maximum Gasteiger partial charge on any atom is 0.704 e. The van der Waals surface area contributed by atoms with Crippen molar-refractivity contribution in [2.24, 2.45) is 0 Å². The van der Waals surface area contributed by atoms with E-state index >= 15 is 0 Å². The summed E-state index contributed by atoms with van der Waals surface area (Å²) in [7, 11) is -5.89. The van der Waals surface area contributed by atoms with Crippen molar-refractivity contribution in [2.45, 2.75) is 0 Å². The summed E-state index contributed by atoms with van der Waals surface area (Å²) in [5.41, 5.74) is 0. The second-order valence-electron chi connectivity index (χ2n) is 2.43. The zero-order valence-corrected chi connectivity index (χ0v) is 10.0. The van der Waals surface area contributed by atoms with Crippen molar-refractivity contribution in [3.63, 3.8) is 0 Å². The van der Waals surface area contributed by atoms with Crippen LogP contribution in [0.3, 0.4) is 0 Å². The largest absolute Gasteiger partial charge is 0.704 e. The molecule has 0 amide bonds. The zero-order valence-electron chi connectivity index (χ0n) is 8.25. The van der Waals surface area contributed by atoms with Gasteiger partial charge in [-0.1, -0.05) is 0 Å². The molecule has 1 heterocycles. The van der Waals surface area contributed by atoms with Crippen molar-refractivity contribution in [1.82, 2.24) is 10.4 Å². The fraction of sp³-hybridized carbons (Fsp3) is 1.00. The Morgan fingerprint density at radius 2 is 2.07 bits per heavy atom. The lowest BCUT2D eigenvalue weighted by molar-refractivity contribution is 0.109. The lowest BCUT2D eigenvalue weighted by atomic mass is 10.5. The van der Waals surface area contributed by atoms with E-state index in [4.69, 9.17) is 14.5 Å². The van der Waals surface area contributed by atoms with E-state index in [1.807, 2.05) is 5.09 Å². The van der Waals surface area contributed by atoms with E-state index in [2.05, 4.69) is 9.63 Å². The summed E-state index contributed by atoms with van der Waals surface area (Å²) in [6, 6.07) is 0. The monoisotopic (exact) mass is 261 g/mol. The summed E-state index contributed by atoms with van der Waals surface area (Å²) in [5, 5.41) is 4.98. The number of nitrogens with one attached hydrogen (secondary N) is 2. The fourth-order valence-electron chi connectivity index (χ4n) is 0.651. The van der Waals surface area contributed by atoms with Crippen LogP contribution in [0, 0.1) is 0 Å². The molecule has 10 heteroatoms. The van der Waals surface area contributed by atoms with Gasteiger partial charge in [-0.15, -0.1) is 4.89 Å². The van der Waals surface area contributed by atoms with Gasteiger partial charge in [-0.05, 0) is 11.4 Å². The molecule has 0 aromatic carbocycles. The van der Waals surface area contributed by atoms with Crippen molar-refractivity contribution in [1.29, 1.82) is 0 Å². The van der Waals surface area contributed by atoms with Crippen LogP contribution in [0.1, 0.15) is 0 Å². The molecule has 0 saturated carbocycles. The van der Waals surface area contributed by atoms with Gasteiger partial charge in [-0.3, -0.25) is 0 Å². The topological polar surface area (TPSA) is 117 Å². The van der Waals surface area contributed by atoms with Gasteiger partial charge in [-0.2, -0.15) is 0 Å². The van der Waals surface area contributed by atoms with E-state index in [-0.39, 0.29) is 0 Å². The maximum atomic E-state index is 10.3. The van der Waals surface area contributed by atoms with Gasteiger partial charge in [-0.25, -0.2) is 9.65 Å². The Balaban J connectivity index is 0.000000280. The Morgan fingerprint density at radius 3 is 2.20 bits per heavy atom. The molecule has 2 unspecified atom stereocenters. The van der Waals surface area contributed by atoms with Crippen LogP contribution < -0.4 is 10.4 Å². The molecule has 4 N–H and O–H groups in total. The molecule has 0 aliphatic carbocycles. The lowest BCUT2D eigenvalue weighted by Gasteiger charge is -2.10. The van der Waals surface area contributed by atoms with Crippen LogP contribution >= 0.6 is 16.0 Å². The molecule has 1 saturated heterocycles. The number of morpholine rings is 1. The average molecular weight is 261 g/mol. The summed E-state index contributed by atoms with van der Waals surface area (Å²) in [6.07, 6.45) is 0. The van der Waals surface area contributed by atoms with E-state index in [1.165, 1.54) is 0 Å². The van der Waals surface area contributed by atoms with Crippen molar-refractivity contribution in [3.8, 4) is 0 Å². The van der Waals surface area contributed by atoms with Crippen molar-refractivity contribution in [3.05, 3.63) is 0 Å². The van der Waals surface area contributed by atoms with E-state index < -0.39 is 16.0 Å². The maximum absolute atomic E-state index is 10.3. The minimum absolute atomic E-state index is 0.889. The van der Waals surface area contributed by atoms with Gasteiger partial charge in [0, 0.05) is 17.7 Å². The normalized spacial score (nSPS) is 20.9.